The van der Waals surface area contributed by atoms with Crippen molar-refractivity contribution < 1.29 is 0 Å². The van der Waals surface area contributed by atoms with E-state index in [1.54, 1.807) is 6.20 Å². The van der Waals surface area contributed by atoms with Gasteiger partial charge in [-0.2, -0.15) is 15.1 Å². The van der Waals surface area contributed by atoms with Gasteiger partial charge in [0.2, 0.25) is 5.95 Å². The largest absolute Gasteiger partial charge is 0.350 e. The second kappa shape index (κ2) is 4.81. The Balaban J connectivity index is 1.76. The number of nitrogens with two attached hydrogens (primary N) is 1. The van der Waals surface area contributed by atoms with Crippen molar-refractivity contribution in [2.75, 3.05) is 30.0 Å². The van der Waals surface area contributed by atoms with Crippen LogP contribution in [0.15, 0.2) is 6.20 Å². The number of nitrogen functional groups attached to an aromatic ring is 1. The fraction of sp³-hybridized carbons (Fsp3) is 0.615. The Morgan fingerprint density at radius 3 is 3.14 bits per heavy atom. The summed E-state index contributed by atoms with van der Waals surface area (Å²) in [5.41, 5.74) is 3.26. The van der Waals surface area contributed by atoms with E-state index in [1.807, 2.05) is 0 Å². The first kappa shape index (κ1) is 12.8. The van der Waals surface area contributed by atoms with Crippen LogP contribution in [0.4, 0.5) is 11.8 Å². The second-order valence-corrected chi connectivity index (χ2v) is 5.94. The van der Waals surface area contributed by atoms with Gasteiger partial charge in [-0.05, 0) is 26.3 Å². The van der Waals surface area contributed by atoms with Crippen molar-refractivity contribution in [1.82, 2.24) is 25.1 Å². The molecule has 2 aromatic heterocycles. The number of nitrogens with zero attached hydrogens (tertiary/aromatic N) is 5. The standard InChI is InChI=1S/C13H20N8/c1-8-6-20-4-2-3-9(20)7-21(8)12-10-5-15-19-11(10)16-13(17-12)18-14/h5,8-9H,2-4,6-7,14H2,1H3,(H2,15,16,17,18,19). The third kappa shape index (κ3) is 2.02. The number of fused-ring (bicyclic) bond motifs is 2. The van der Waals surface area contributed by atoms with Crippen LogP contribution in [0.2, 0.25) is 0 Å². The molecular formula is C13H20N8. The van der Waals surface area contributed by atoms with Gasteiger partial charge in [0, 0.05) is 25.2 Å². The first-order valence-electron chi connectivity index (χ1n) is 7.44. The normalized spacial score (nSPS) is 26.3. The molecule has 2 fully saturated rings. The molecule has 4 heterocycles. The van der Waals surface area contributed by atoms with Crippen molar-refractivity contribution in [3.8, 4) is 0 Å². The maximum absolute atomic E-state index is 5.49. The molecular weight excluding hydrogens is 268 g/mol. The number of anilines is 2. The number of nitrogens with one attached hydrogen (secondary N) is 2. The van der Waals surface area contributed by atoms with E-state index in [-0.39, 0.29) is 0 Å². The minimum Gasteiger partial charge on any atom is -0.350 e. The number of aromatic amines is 1. The molecule has 4 rings (SSSR count). The van der Waals surface area contributed by atoms with E-state index in [0.717, 1.165) is 24.3 Å². The van der Waals surface area contributed by atoms with Gasteiger partial charge < -0.3 is 4.90 Å². The van der Waals surface area contributed by atoms with E-state index >= 15 is 0 Å². The number of H-pyrrole nitrogens is 1. The lowest BCUT2D eigenvalue weighted by atomic mass is 10.1. The Bertz CT molecular complexity index is 653. The van der Waals surface area contributed by atoms with Crippen molar-refractivity contribution in [3.05, 3.63) is 6.20 Å². The monoisotopic (exact) mass is 288 g/mol. The number of hydrazine groups is 1. The smallest absolute Gasteiger partial charge is 0.241 e. The third-order valence-electron chi connectivity index (χ3n) is 4.63. The van der Waals surface area contributed by atoms with Crippen LogP contribution >= 0.6 is 0 Å². The van der Waals surface area contributed by atoms with Gasteiger partial charge in [-0.25, -0.2) is 5.84 Å². The van der Waals surface area contributed by atoms with Gasteiger partial charge in [0.1, 0.15) is 5.82 Å². The molecule has 2 aliphatic heterocycles. The molecule has 112 valence electrons. The lowest BCUT2D eigenvalue weighted by molar-refractivity contribution is 0.202. The summed E-state index contributed by atoms with van der Waals surface area (Å²) in [7, 11) is 0. The maximum atomic E-state index is 5.49. The number of hydrogen-bond acceptors (Lipinski definition) is 7. The van der Waals surface area contributed by atoms with Gasteiger partial charge >= 0.3 is 0 Å². The molecule has 2 saturated heterocycles. The van der Waals surface area contributed by atoms with E-state index in [9.17, 15) is 0 Å². The highest BCUT2D eigenvalue weighted by Gasteiger charge is 2.35. The van der Waals surface area contributed by atoms with Gasteiger partial charge in [-0.15, -0.1) is 0 Å². The quantitative estimate of drug-likeness (QED) is 0.540. The molecule has 0 spiro atoms. The predicted molar refractivity (Wildman–Crippen MR) is 80.9 cm³/mol. The van der Waals surface area contributed by atoms with Crippen molar-refractivity contribution in [2.24, 2.45) is 5.84 Å². The average Bonchev–Trinajstić information content (AvgIpc) is 3.13. The minimum absolute atomic E-state index is 0.415. The molecule has 8 heteroatoms. The van der Waals surface area contributed by atoms with Crippen LogP contribution in [0.25, 0.3) is 11.0 Å². The predicted octanol–water partition coefficient (Wildman–Crippen LogP) is 0.311. The van der Waals surface area contributed by atoms with E-state index in [0.29, 0.717) is 23.7 Å². The maximum Gasteiger partial charge on any atom is 0.241 e. The molecule has 8 nitrogen and oxygen atoms in total. The summed E-state index contributed by atoms with van der Waals surface area (Å²) in [5, 5.41) is 7.94. The molecule has 2 aliphatic rings. The summed E-state index contributed by atoms with van der Waals surface area (Å²) in [5.74, 6) is 6.83. The molecule has 2 atom stereocenters. The van der Waals surface area contributed by atoms with Crippen molar-refractivity contribution in [1.29, 1.82) is 0 Å². The van der Waals surface area contributed by atoms with E-state index in [2.05, 4.69) is 42.3 Å². The van der Waals surface area contributed by atoms with Gasteiger partial charge in [0.25, 0.3) is 0 Å². The summed E-state index contributed by atoms with van der Waals surface area (Å²) in [6.07, 6.45) is 4.36. The highest BCUT2D eigenvalue weighted by molar-refractivity contribution is 5.87. The molecule has 0 saturated carbocycles. The second-order valence-electron chi connectivity index (χ2n) is 5.94. The summed E-state index contributed by atoms with van der Waals surface area (Å²) >= 11 is 0. The Morgan fingerprint density at radius 1 is 1.38 bits per heavy atom. The zero-order valence-corrected chi connectivity index (χ0v) is 12.1. The lowest BCUT2D eigenvalue weighted by Crippen LogP contribution is -2.55. The van der Waals surface area contributed by atoms with Gasteiger partial charge in [0.15, 0.2) is 5.65 Å². The number of hydrogen-bond donors (Lipinski definition) is 3. The minimum atomic E-state index is 0.415. The summed E-state index contributed by atoms with van der Waals surface area (Å²) < 4.78 is 0. The Labute approximate surface area is 122 Å². The van der Waals surface area contributed by atoms with Crippen LogP contribution in [0, 0.1) is 0 Å². The molecule has 0 radical (unpaired) electrons. The average molecular weight is 288 g/mol. The number of piperazine rings is 1. The van der Waals surface area contributed by atoms with Crippen LogP contribution in [-0.2, 0) is 0 Å². The third-order valence-corrected chi connectivity index (χ3v) is 4.63. The summed E-state index contributed by atoms with van der Waals surface area (Å²) in [4.78, 5) is 13.8. The summed E-state index contributed by atoms with van der Waals surface area (Å²) in [6.45, 7) is 5.56. The fourth-order valence-electron chi connectivity index (χ4n) is 3.59. The molecule has 0 bridgehead atoms. The SMILES string of the molecule is CC1CN2CCCC2CN1c1nc(NN)nc2[nH]ncc12. The molecule has 21 heavy (non-hydrogen) atoms. The fourth-order valence-corrected chi connectivity index (χ4v) is 3.59. The molecule has 0 amide bonds. The Hall–Kier alpha value is -1.93. The van der Waals surface area contributed by atoms with Crippen molar-refractivity contribution in [2.45, 2.75) is 31.8 Å². The lowest BCUT2D eigenvalue weighted by Gasteiger charge is -2.43. The zero-order chi connectivity index (χ0) is 14.4. The first-order chi connectivity index (χ1) is 10.3. The Kier molecular flexibility index (Phi) is 2.93. The van der Waals surface area contributed by atoms with E-state index in [1.165, 1.54) is 19.4 Å². The van der Waals surface area contributed by atoms with Crippen LogP contribution in [-0.4, -0.2) is 56.8 Å². The van der Waals surface area contributed by atoms with Crippen LogP contribution in [0.5, 0.6) is 0 Å². The van der Waals surface area contributed by atoms with E-state index in [4.69, 9.17) is 5.84 Å². The first-order valence-corrected chi connectivity index (χ1v) is 7.44. The van der Waals surface area contributed by atoms with Crippen LogP contribution < -0.4 is 16.2 Å². The topological polar surface area (TPSA) is 99.0 Å². The highest BCUT2D eigenvalue weighted by Crippen LogP contribution is 2.31. The molecule has 0 aliphatic carbocycles. The van der Waals surface area contributed by atoms with Crippen LogP contribution in [0.3, 0.4) is 0 Å². The van der Waals surface area contributed by atoms with Gasteiger partial charge in [-0.1, -0.05) is 0 Å². The molecule has 2 aromatic rings. The van der Waals surface area contributed by atoms with E-state index < -0.39 is 0 Å². The number of rotatable bonds is 2. The van der Waals surface area contributed by atoms with Crippen molar-refractivity contribution in [3.63, 3.8) is 0 Å². The molecule has 0 aromatic carbocycles. The summed E-state index contributed by atoms with van der Waals surface area (Å²) in [6, 6.07) is 1.05. The van der Waals surface area contributed by atoms with Crippen LogP contribution in [0.1, 0.15) is 19.8 Å². The molecule has 2 unspecified atom stereocenters. The van der Waals surface area contributed by atoms with Crippen molar-refractivity contribution >= 4 is 22.8 Å². The molecule has 4 N–H and O–H groups in total. The number of aromatic nitrogens is 4. The Morgan fingerprint density at radius 2 is 2.29 bits per heavy atom. The van der Waals surface area contributed by atoms with Gasteiger partial charge in [0.05, 0.1) is 11.6 Å². The highest BCUT2D eigenvalue weighted by atomic mass is 15.4. The van der Waals surface area contributed by atoms with Gasteiger partial charge in [-0.3, -0.25) is 15.4 Å². The zero-order valence-electron chi connectivity index (χ0n) is 12.1.